The highest BCUT2D eigenvalue weighted by molar-refractivity contribution is 9.10. The van der Waals surface area contributed by atoms with Gasteiger partial charge in [0, 0.05) is 15.4 Å². The molecule has 0 spiro atoms. The summed E-state index contributed by atoms with van der Waals surface area (Å²) < 4.78 is 1.03. The van der Waals surface area contributed by atoms with Gasteiger partial charge in [0.15, 0.2) is 0 Å². The van der Waals surface area contributed by atoms with E-state index in [2.05, 4.69) is 21.2 Å². The summed E-state index contributed by atoms with van der Waals surface area (Å²) >= 11 is 4.91. The summed E-state index contributed by atoms with van der Waals surface area (Å²) in [6.07, 6.45) is 1.09. The molecule has 1 aliphatic carbocycles. The number of nitrogens with one attached hydrogen (secondary N) is 1. The standard InChI is InChI=1S/C14H16BrNO3S/c1-8-4-10(15)2-3-12(8)20-7-13(17)16-11-5-9(6-11)14(18)19/h2-4,9,11H,5-7H2,1H3,(H,16,17)(H,18,19). The van der Waals surface area contributed by atoms with Gasteiger partial charge in [0.25, 0.3) is 0 Å². The Morgan fingerprint density at radius 2 is 2.15 bits per heavy atom. The molecule has 1 aromatic carbocycles. The second kappa shape index (κ2) is 6.63. The van der Waals surface area contributed by atoms with Crippen LogP contribution in [0.3, 0.4) is 0 Å². The van der Waals surface area contributed by atoms with Crippen LogP contribution in [0.1, 0.15) is 18.4 Å². The molecule has 1 aliphatic rings. The van der Waals surface area contributed by atoms with Gasteiger partial charge in [-0.1, -0.05) is 15.9 Å². The van der Waals surface area contributed by atoms with E-state index in [0.29, 0.717) is 18.6 Å². The highest BCUT2D eigenvalue weighted by atomic mass is 79.9. The Balaban J connectivity index is 1.74. The summed E-state index contributed by atoms with van der Waals surface area (Å²) in [5.74, 6) is -0.736. The summed E-state index contributed by atoms with van der Waals surface area (Å²) in [5, 5.41) is 11.6. The molecule has 6 heteroatoms. The molecule has 108 valence electrons. The Morgan fingerprint density at radius 3 is 2.75 bits per heavy atom. The molecule has 0 aromatic heterocycles. The average Bonchev–Trinajstić information content (AvgIpc) is 2.31. The van der Waals surface area contributed by atoms with Crippen LogP contribution in [0.4, 0.5) is 0 Å². The van der Waals surface area contributed by atoms with E-state index < -0.39 is 5.97 Å². The number of halogens is 1. The maximum absolute atomic E-state index is 11.8. The van der Waals surface area contributed by atoms with Gasteiger partial charge in [-0.2, -0.15) is 0 Å². The van der Waals surface area contributed by atoms with Gasteiger partial charge < -0.3 is 10.4 Å². The summed E-state index contributed by atoms with van der Waals surface area (Å²) in [6.45, 7) is 2.01. The predicted octanol–water partition coefficient (Wildman–Crippen LogP) is 2.83. The number of aryl methyl sites for hydroxylation is 1. The van der Waals surface area contributed by atoms with Gasteiger partial charge in [0.2, 0.25) is 5.91 Å². The number of carbonyl (C=O) groups is 2. The number of amides is 1. The van der Waals surface area contributed by atoms with Gasteiger partial charge in [0.1, 0.15) is 0 Å². The Labute approximate surface area is 130 Å². The molecule has 0 radical (unpaired) electrons. The number of rotatable bonds is 5. The van der Waals surface area contributed by atoms with E-state index in [1.54, 1.807) is 0 Å². The summed E-state index contributed by atoms with van der Waals surface area (Å²) in [5.41, 5.74) is 1.13. The number of hydrogen-bond acceptors (Lipinski definition) is 3. The first-order chi connectivity index (χ1) is 9.45. The first kappa shape index (κ1) is 15.4. The summed E-state index contributed by atoms with van der Waals surface area (Å²) in [6, 6.07) is 5.98. The normalized spacial score (nSPS) is 21.1. The number of carboxylic acids is 1. The lowest BCUT2D eigenvalue weighted by Gasteiger charge is -2.32. The number of aliphatic carboxylic acids is 1. The van der Waals surface area contributed by atoms with Crippen molar-refractivity contribution in [3.05, 3.63) is 28.2 Å². The maximum Gasteiger partial charge on any atom is 0.306 e. The van der Waals surface area contributed by atoms with Crippen molar-refractivity contribution in [1.82, 2.24) is 5.32 Å². The number of carbonyl (C=O) groups excluding carboxylic acids is 1. The third-order valence-corrected chi connectivity index (χ3v) is 5.02. The quantitative estimate of drug-likeness (QED) is 0.795. The van der Waals surface area contributed by atoms with Crippen LogP contribution in [-0.4, -0.2) is 28.8 Å². The molecule has 0 unspecified atom stereocenters. The molecule has 0 atom stereocenters. The van der Waals surface area contributed by atoms with E-state index >= 15 is 0 Å². The lowest BCUT2D eigenvalue weighted by molar-refractivity contribution is -0.146. The molecule has 20 heavy (non-hydrogen) atoms. The molecule has 1 fully saturated rings. The number of carboxylic acid groups (broad SMARTS) is 1. The Kier molecular flexibility index (Phi) is 5.10. The second-order valence-corrected chi connectivity index (χ2v) is 6.90. The summed E-state index contributed by atoms with van der Waals surface area (Å²) in [4.78, 5) is 23.5. The molecular formula is C14H16BrNO3S. The highest BCUT2D eigenvalue weighted by Crippen LogP contribution is 2.28. The molecule has 1 aromatic rings. The van der Waals surface area contributed by atoms with Crippen LogP contribution in [0.5, 0.6) is 0 Å². The van der Waals surface area contributed by atoms with Crippen molar-refractivity contribution >= 4 is 39.6 Å². The van der Waals surface area contributed by atoms with Crippen molar-refractivity contribution in [3.63, 3.8) is 0 Å². The monoisotopic (exact) mass is 357 g/mol. The number of benzene rings is 1. The molecule has 1 saturated carbocycles. The van der Waals surface area contributed by atoms with Gasteiger partial charge in [-0.3, -0.25) is 9.59 Å². The van der Waals surface area contributed by atoms with Crippen molar-refractivity contribution in [2.45, 2.75) is 30.7 Å². The zero-order valence-corrected chi connectivity index (χ0v) is 13.5. The lowest BCUT2D eigenvalue weighted by Crippen LogP contribution is -2.47. The Hall–Kier alpha value is -1.01. The van der Waals surface area contributed by atoms with Crippen molar-refractivity contribution in [3.8, 4) is 0 Å². The van der Waals surface area contributed by atoms with Crippen LogP contribution < -0.4 is 5.32 Å². The van der Waals surface area contributed by atoms with Gasteiger partial charge in [-0.15, -0.1) is 11.8 Å². The minimum Gasteiger partial charge on any atom is -0.481 e. The second-order valence-electron chi connectivity index (χ2n) is 4.97. The Bertz CT molecular complexity index is 529. The number of thioether (sulfide) groups is 1. The molecule has 0 heterocycles. The van der Waals surface area contributed by atoms with E-state index in [0.717, 1.165) is 14.9 Å². The SMILES string of the molecule is Cc1cc(Br)ccc1SCC(=O)NC1CC(C(=O)O)C1. The zero-order chi connectivity index (χ0) is 14.7. The number of hydrogen-bond donors (Lipinski definition) is 2. The van der Waals surface area contributed by atoms with Gasteiger partial charge >= 0.3 is 5.97 Å². The molecule has 4 nitrogen and oxygen atoms in total. The van der Waals surface area contributed by atoms with Crippen LogP contribution >= 0.6 is 27.7 Å². The first-order valence-corrected chi connectivity index (χ1v) is 8.14. The summed E-state index contributed by atoms with van der Waals surface area (Å²) in [7, 11) is 0. The van der Waals surface area contributed by atoms with Gasteiger partial charge in [0.05, 0.1) is 11.7 Å². The predicted molar refractivity (Wildman–Crippen MR) is 81.9 cm³/mol. The van der Waals surface area contributed by atoms with Gasteiger partial charge in [-0.25, -0.2) is 0 Å². The molecular weight excluding hydrogens is 342 g/mol. The van der Waals surface area contributed by atoms with E-state index in [9.17, 15) is 9.59 Å². The van der Waals surface area contributed by atoms with E-state index in [1.807, 2.05) is 25.1 Å². The molecule has 0 saturated heterocycles. The van der Waals surface area contributed by atoms with Crippen LogP contribution in [0.2, 0.25) is 0 Å². The van der Waals surface area contributed by atoms with E-state index in [-0.39, 0.29) is 17.9 Å². The van der Waals surface area contributed by atoms with E-state index in [1.165, 1.54) is 11.8 Å². The fourth-order valence-corrected chi connectivity index (χ4v) is 3.42. The van der Waals surface area contributed by atoms with Gasteiger partial charge in [-0.05, 0) is 43.5 Å². The van der Waals surface area contributed by atoms with Crippen molar-refractivity contribution < 1.29 is 14.7 Å². The van der Waals surface area contributed by atoms with Crippen LogP contribution in [0.25, 0.3) is 0 Å². The minimum absolute atomic E-state index is 0.0233. The topological polar surface area (TPSA) is 66.4 Å². The molecule has 0 aliphatic heterocycles. The molecule has 2 N–H and O–H groups in total. The van der Waals surface area contributed by atoms with Crippen molar-refractivity contribution in [2.75, 3.05) is 5.75 Å². The lowest BCUT2D eigenvalue weighted by atomic mass is 9.80. The van der Waals surface area contributed by atoms with Crippen molar-refractivity contribution in [1.29, 1.82) is 0 Å². The zero-order valence-electron chi connectivity index (χ0n) is 11.1. The van der Waals surface area contributed by atoms with E-state index in [4.69, 9.17) is 5.11 Å². The minimum atomic E-state index is -0.768. The highest BCUT2D eigenvalue weighted by Gasteiger charge is 2.35. The fraction of sp³-hybridized carbons (Fsp3) is 0.429. The van der Waals surface area contributed by atoms with Crippen LogP contribution in [0.15, 0.2) is 27.6 Å². The average molecular weight is 358 g/mol. The molecule has 2 rings (SSSR count). The Morgan fingerprint density at radius 1 is 1.45 bits per heavy atom. The molecule has 0 bridgehead atoms. The fourth-order valence-electron chi connectivity index (χ4n) is 2.12. The smallest absolute Gasteiger partial charge is 0.306 e. The third-order valence-electron chi connectivity index (χ3n) is 3.35. The van der Waals surface area contributed by atoms with Crippen LogP contribution in [-0.2, 0) is 9.59 Å². The van der Waals surface area contributed by atoms with Crippen LogP contribution in [0, 0.1) is 12.8 Å². The maximum atomic E-state index is 11.8. The molecule has 1 amide bonds. The third kappa shape index (κ3) is 3.99. The largest absolute Gasteiger partial charge is 0.481 e. The first-order valence-electron chi connectivity index (χ1n) is 6.37. The van der Waals surface area contributed by atoms with Crippen molar-refractivity contribution in [2.24, 2.45) is 5.92 Å².